The number of methoxy groups -OCH3 is 1. The minimum absolute atomic E-state index is 0.336. The van der Waals surface area contributed by atoms with Crippen molar-refractivity contribution in [2.75, 3.05) is 14.2 Å². The molecule has 0 aliphatic carbocycles. The van der Waals surface area contributed by atoms with Crippen LogP contribution in [0.5, 0.6) is 5.75 Å². The van der Waals surface area contributed by atoms with Crippen LogP contribution in [-0.4, -0.2) is 14.2 Å². The molecular formula is C13H13BrFNO2. The van der Waals surface area contributed by atoms with E-state index in [1.54, 1.807) is 31.5 Å². The number of benzene rings is 1. The minimum atomic E-state index is -0.347. The standard InChI is InChI=1S/C13H13BrFNO2/c1-16-12(13-10(14)5-6-18-13)9-4-3-8(17-2)7-11(9)15/h3-7,12,16H,1-2H3. The average molecular weight is 314 g/mol. The summed E-state index contributed by atoms with van der Waals surface area (Å²) in [5, 5.41) is 3.04. The Kier molecular flexibility index (Phi) is 4.04. The van der Waals surface area contributed by atoms with Crippen molar-refractivity contribution in [2.24, 2.45) is 0 Å². The molecular weight excluding hydrogens is 301 g/mol. The minimum Gasteiger partial charge on any atom is -0.497 e. The zero-order valence-corrected chi connectivity index (χ0v) is 11.6. The highest BCUT2D eigenvalue weighted by molar-refractivity contribution is 9.10. The summed E-state index contributed by atoms with van der Waals surface area (Å²) in [6.07, 6.45) is 1.56. The van der Waals surface area contributed by atoms with Gasteiger partial charge in [-0.1, -0.05) is 6.07 Å². The third kappa shape index (κ3) is 2.42. The van der Waals surface area contributed by atoms with E-state index in [4.69, 9.17) is 9.15 Å². The summed E-state index contributed by atoms with van der Waals surface area (Å²) < 4.78 is 25.2. The number of halogens is 2. The molecule has 1 heterocycles. The fourth-order valence-corrected chi connectivity index (χ4v) is 2.24. The maximum atomic E-state index is 14.0. The average Bonchev–Trinajstić information content (AvgIpc) is 2.78. The van der Waals surface area contributed by atoms with E-state index in [2.05, 4.69) is 21.2 Å². The summed E-state index contributed by atoms with van der Waals surface area (Å²) in [6.45, 7) is 0. The quantitative estimate of drug-likeness (QED) is 0.938. The topological polar surface area (TPSA) is 34.4 Å². The van der Waals surface area contributed by atoms with Crippen molar-refractivity contribution in [2.45, 2.75) is 6.04 Å². The Morgan fingerprint density at radius 2 is 2.17 bits per heavy atom. The number of nitrogens with one attached hydrogen (secondary N) is 1. The number of rotatable bonds is 4. The van der Waals surface area contributed by atoms with Crippen molar-refractivity contribution in [3.8, 4) is 5.75 Å². The fourth-order valence-electron chi connectivity index (χ4n) is 1.81. The fraction of sp³-hybridized carbons (Fsp3) is 0.231. The molecule has 2 aromatic rings. The molecule has 3 nitrogen and oxygen atoms in total. The van der Waals surface area contributed by atoms with E-state index < -0.39 is 0 Å². The van der Waals surface area contributed by atoms with E-state index in [9.17, 15) is 4.39 Å². The van der Waals surface area contributed by atoms with Crippen LogP contribution in [0, 0.1) is 5.82 Å². The molecule has 0 radical (unpaired) electrons. The second kappa shape index (κ2) is 5.54. The summed E-state index contributed by atoms with van der Waals surface area (Å²) in [7, 11) is 3.26. The monoisotopic (exact) mass is 313 g/mol. The van der Waals surface area contributed by atoms with E-state index in [1.807, 2.05) is 0 Å². The Morgan fingerprint density at radius 3 is 2.67 bits per heavy atom. The SMILES string of the molecule is CNC(c1ccc(OC)cc1F)c1occc1Br. The molecule has 0 fully saturated rings. The lowest BCUT2D eigenvalue weighted by atomic mass is 10.0. The molecule has 1 unspecified atom stereocenters. The van der Waals surface area contributed by atoms with Gasteiger partial charge in [0.25, 0.3) is 0 Å². The van der Waals surface area contributed by atoms with Gasteiger partial charge >= 0.3 is 0 Å². The maximum absolute atomic E-state index is 14.0. The Hall–Kier alpha value is -1.33. The lowest BCUT2D eigenvalue weighted by molar-refractivity contribution is 0.408. The molecule has 1 aromatic carbocycles. The van der Waals surface area contributed by atoms with E-state index in [-0.39, 0.29) is 11.9 Å². The zero-order chi connectivity index (χ0) is 13.1. The normalized spacial score (nSPS) is 12.4. The summed E-state index contributed by atoms with van der Waals surface area (Å²) in [4.78, 5) is 0. The first-order valence-electron chi connectivity index (χ1n) is 5.41. The molecule has 96 valence electrons. The van der Waals surface area contributed by atoms with Gasteiger partial charge in [-0.05, 0) is 35.1 Å². The van der Waals surface area contributed by atoms with Gasteiger partial charge < -0.3 is 14.5 Å². The smallest absolute Gasteiger partial charge is 0.139 e. The zero-order valence-electron chi connectivity index (χ0n) is 10.0. The van der Waals surface area contributed by atoms with E-state index in [0.717, 1.165) is 4.47 Å². The van der Waals surface area contributed by atoms with Gasteiger partial charge in [0.2, 0.25) is 0 Å². The van der Waals surface area contributed by atoms with Crippen LogP contribution >= 0.6 is 15.9 Å². The number of ether oxygens (including phenoxy) is 1. The van der Waals surface area contributed by atoms with Crippen LogP contribution in [0.15, 0.2) is 39.4 Å². The largest absolute Gasteiger partial charge is 0.497 e. The molecule has 0 amide bonds. The van der Waals surface area contributed by atoms with Crippen LogP contribution < -0.4 is 10.1 Å². The Morgan fingerprint density at radius 1 is 1.39 bits per heavy atom. The Balaban J connectivity index is 2.42. The maximum Gasteiger partial charge on any atom is 0.139 e. The number of hydrogen-bond donors (Lipinski definition) is 1. The van der Waals surface area contributed by atoms with Gasteiger partial charge in [0.1, 0.15) is 17.3 Å². The van der Waals surface area contributed by atoms with Crippen LogP contribution in [0.1, 0.15) is 17.4 Å². The Bertz CT molecular complexity index is 542. The first-order chi connectivity index (χ1) is 8.67. The molecule has 1 N–H and O–H groups in total. The predicted molar refractivity (Wildman–Crippen MR) is 70.3 cm³/mol. The summed E-state index contributed by atoms with van der Waals surface area (Å²) in [5.74, 6) is 0.795. The lowest BCUT2D eigenvalue weighted by Gasteiger charge is -2.16. The molecule has 0 spiro atoms. The molecule has 18 heavy (non-hydrogen) atoms. The second-order valence-corrected chi connectivity index (χ2v) is 4.60. The molecule has 1 aromatic heterocycles. The highest BCUT2D eigenvalue weighted by Gasteiger charge is 2.21. The van der Waals surface area contributed by atoms with Crippen LogP contribution in [0.2, 0.25) is 0 Å². The molecule has 0 aliphatic rings. The van der Waals surface area contributed by atoms with Gasteiger partial charge in [-0.2, -0.15) is 0 Å². The van der Waals surface area contributed by atoms with Gasteiger partial charge in [-0.3, -0.25) is 0 Å². The van der Waals surface area contributed by atoms with E-state index in [0.29, 0.717) is 17.1 Å². The molecule has 2 rings (SSSR count). The molecule has 0 aliphatic heterocycles. The van der Waals surface area contributed by atoms with Crippen molar-refractivity contribution < 1.29 is 13.5 Å². The third-order valence-corrected chi connectivity index (χ3v) is 3.37. The van der Waals surface area contributed by atoms with E-state index >= 15 is 0 Å². The van der Waals surface area contributed by atoms with Crippen LogP contribution in [0.25, 0.3) is 0 Å². The van der Waals surface area contributed by atoms with Crippen molar-refractivity contribution in [3.63, 3.8) is 0 Å². The van der Waals surface area contributed by atoms with Gasteiger partial charge in [0.15, 0.2) is 0 Å². The first-order valence-corrected chi connectivity index (χ1v) is 6.20. The van der Waals surface area contributed by atoms with Gasteiger partial charge in [-0.15, -0.1) is 0 Å². The summed E-state index contributed by atoms with van der Waals surface area (Å²) >= 11 is 3.38. The molecule has 0 bridgehead atoms. The molecule has 5 heteroatoms. The molecule has 0 saturated heterocycles. The van der Waals surface area contributed by atoms with Gasteiger partial charge in [0, 0.05) is 11.6 Å². The van der Waals surface area contributed by atoms with Crippen molar-refractivity contribution in [1.82, 2.24) is 5.32 Å². The lowest BCUT2D eigenvalue weighted by Crippen LogP contribution is -2.18. The van der Waals surface area contributed by atoms with Gasteiger partial charge in [0.05, 0.1) is 23.9 Å². The van der Waals surface area contributed by atoms with Crippen LogP contribution in [0.3, 0.4) is 0 Å². The van der Waals surface area contributed by atoms with E-state index in [1.165, 1.54) is 13.2 Å². The second-order valence-electron chi connectivity index (χ2n) is 3.74. The molecule has 0 saturated carbocycles. The first kappa shape index (κ1) is 13.1. The van der Waals surface area contributed by atoms with Crippen LogP contribution in [0.4, 0.5) is 4.39 Å². The Labute approximate surface area is 113 Å². The highest BCUT2D eigenvalue weighted by Crippen LogP contribution is 2.31. The van der Waals surface area contributed by atoms with Gasteiger partial charge in [-0.25, -0.2) is 4.39 Å². The molecule has 1 atom stereocenters. The van der Waals surface area contributed by atoms with Crippen LogP contribution in [-0.2, 0) is 0 Å². The van der Waals surface area contributed by atoms with Crippen molar-refractivity contribution in [3.05, 3.63) is 52.1 Å². The number of hydrogen-bond acceptors (Lipinski definition) is 3. The summed E-state index contributed by atoms with van der Waals surface area (Å²) in [6, 6.07) is 6.20. The van der Waals surface area contributed by atoms with Crippen molar-refractivity contribution >= 4 is 15.9 Å². The van der Waals surface area contributed by atoms with Crippen molar-refractivity contribution in [1.29, 1.82) is 0 Å². The number of furan rings is 1. The third-order valence-electron chi connectivity index (χ3n) is 2.71. The predicted octanol–water partition coefficient (Wildman–Crippen LogP) is 3.50. The highest BCUT2D eigenvalue weighted by atomic mass is 79.9. The summed E-state index contributed by atoms with van der Waals surface area (Å²) in [5.41, 5.74) is 0.508.